The van der Waals surface area contributed by atoms with Crippen molar-refractivity contribution >= 4 is 29.4 Å². The third-order valence-electron chi connectivity index (χ3n) is 12.5. The standard InChI is InChI=1S/C44H50F2N8O4/c45-36-24-33(49-38-12-13-39(55)51-42(38)57)10-11-34(36)28-16-19-53(20-17-28)26-27-14-21-54(22-15-27)43(58)29-6-8-32(9-7-29)50-44-48-25-37(46)40(52-44)31-4-1-3-30(23-31)35-5-2-18-47-41(35)56/h1-5,10-11,18,23-25,27-29,32,38,49H,6-9,12-17,19-22,26H2,(H,47,56)(H,48,50,52)(H,51,55,57)/t29?,32?,38-/m0/s1. The number of pyridine rings is 1. The smallest absolute Gasteiger partial charge is 0.255 e. The van der Waals surface area contributed by atoms with Crippen molar-refractivity contribution in [3.63, 3.8) is 0 Å². The molecule has 5 heterocycles. The highest BCUT2D eigenvalue weighted by Gasteiger charge is 2.33. The van der Waals surface area contributed by atoms with Gasteiger partial charge in [-0.05, 0) is 124 Å². The van der Waals surface area contributed by atoms with Crippen molar-refractivity contribution in [2.45, 2.75) is 82.2 Å². The van der Waals surface area contributed by atoms with Crippen LogP contribution in [0, 0.1) is 23.5 Å². The molecule has 0 radical (unpaired) electrons. The van der Waals surface area contributed by atoms with Crippen LogP contribution in [0.1, 0.15) is 75.7 Å². The van der Waals surface area contributed by atoms with E-state index in [1.807, 2.05) is 12.1 Å². The third-order valence-corrected chi connectivity index (χ3v) is 12.5. The minimum Gasteiger partial charge on any atom is -0.374 e. The number of nitrogens with zero attached hydrogens (tertiary/aromatic N) is 4. The Bertz CT molecular complexity index is 2190. The van der Waals surface area contributed by atoms with Gasteiger partial charge in [-0.1, -0.05) is 24.3 Å². The Morgan fingerprint density at radius 1 is 0.810 bits per heavy atom. The molecule has 4 aliphatic rings. The molecule has 1 aliphatic carbocycles. The molecule has 3 aliphatic heterocycles. The molecule has 3 amide bonds. The molecule has 12 nitrogen and oxygen atoms in total. The number of imide groups is 1. The first-order valence-corrected chi connectivity index (χ1v) is 20.6. The van der Waals surface area contributed by atoms with Crippen LogP contribution in [-0.2, 0) is 14.4 Å². The lowest BCUT2D eigenvalue weighted by molar-refractivity contribution is -0.138. The monoisotopic (exact) mass is 792 g/mol. The molecule has 1 atom stereocenters. The molecule has 4 N–H and O–H groups in total. The highest BCUT2D eigenvalue weighted by atomic mass is 19.1. The number of rotatable bonds is 10. The summed E-state index contributed by atoms with van der Waals surface area (Å²) in [5.74, 6) is -0.232. The predicted octanol–water partition coefficient (Wildman–Crippen LogP) is 6.08. The van der Waals surface area contributed by atoms with Crippen molar-refractivity contribution in [3.8, 4) is 22.4 Å². The third kappa shape index (κ3) is 9.12. The summed E-state index contributed by atoms with van der Waals surface area (Å²) in [6, 6.07) is 15.2. The number of benzene rings is 2. The zero-order valence-electron chi connectivity index (χ0n) is 32.5. The van der Waals surface area contributed by atoms with Crippen LogP contribution in [-0.4, -0.2) is 87.3 Å². The number of aromatic nitrogens is 3. The van der Waals surface area contributed by atoms with E-state index in [4.69, 9.17) is 0 Å². The SMILES string of the molecule is O=C1CC[C@H](Nc2ccc(C3CCN(CC4CCN(C(=O)C5CCC(Nc6ncc(F)c(-c7cccc(-c8ccc[nH]c8=O)c7)n6)CC5)CC4)CC3)c(F)c2)C(=O)N1. The molecule has 8 rings (SSSR count). The first-order chi connectivity index (χ1) is 28.2. The number of carbonyl (C=O) groups is 3. The van der Waals surface area contributed by atoms with E-state index in [1.54, 1.807) is 42.6 Å². The van der Waals surface area contributed by atoms with Crippen molar-refractivity contribution < 1.29 is 23.2 Å². The summed E-state index contributed by atoms with van der Waals surface area (Å²) in [4.78, 5) is 65.4. The van der Waals surface area contributed by atoms with Crippen LogP contribution in [0.5, 0.6) is 0 Å². The van der Waals surface area contributed by atoms with Crippen LogP contribution >= 0.6 is 0 Å². The molecule has 4 aromatic rings. The number of hydrogen-bond acceptors (Lipinski definition) is 9. The van der Waals surface area contributed by atoms with Gasteiger partial charge in [0.05, 0.1) is 6.20 Å². The average molecular weight is 793 g/mol. The Hall–Kier alpha value is -5.50. The minimum absolute atomic E-state index is 0.00937. The van der Waals surface area contributed by atoms with Crippen LogP contribution in [0.3, 0.4) is 0 Å². The van der Waals surface area contributed by atoms with Gasteiger partial charge in [0, 0.05) is 61.0 Å². The fraction of sp³-hybridized carbons (Fsp3) is 0.455. The fourth-order valence-corrected chi connectivity index (χ4v) is 9.16. The van der Waals surface area contributed by atoms with Gasteiger partial charge < -0.3 is 25.4 Å². The van der Waals surface area contributed by atoms with E-state index in [9.17, 15) is 23.6 Å². The summed E-state index contributed by atoms with van der Waals surface area (Å²) in [6.07, 6.45) is 10.2. The van der Waals surface area contributed by atoms with E-state index in [0.717, 1.165) is 84.1 Å². The second kappa shape index (κ2) is 17.6. The molecule has 14 heteroatoms. The van der Waals surface area contributed by atoms with E-state index >= 15 is 4.39 Å². The Morgan fingerprint density at radius 2 is 1.59 bits per heavy atom. The van der Waals surface area contributed by atoms with Crippen molar-refractivity contribution in [1.82, 2.24) is 30.1 Å². The van der Waals surface area contributed by atoms with E-state index in [0.29, 0.717) is 46.2 Å². The summed E-state index contributed by atoms with van der Waals surface area (Å²) in [6.45, 7) is 4.35. The molecule has 0 bridgehead atoms. The highest BCUT2D eigenvalue weighted by molar-refractivity contribution is 6.01. The van der Waals surface area contributed by atoms with Crippen LogP contribution in [0.15, 0.2) is 71.8 Å². The van der Waals surface area contributed by atoms with E-state index in [2.05, 4.69) is 40.7 Å². The Labute approximate surface area is 336 Å². The van der Waals surface area contributed by atoms with Gasteiger partial charge in [-0.25, -0.2) is 18.7 Å². The van der Waals surface area contributed by atoms with Gasteiger partial charge in [0.1, 0.15) is 17.6 Å². The normalized spacial score (nSPS) is 22.4. The zero-order valence-corrected chi connectivity index (χ0v) is 32.5. The first kappa shape index (κ1) is 39.3. The molecule has 1 saturated carbocycles. The van der Waals surface area contributed by atoms with E-state index in [-0.39, 0.29) is 59.1 Å². The maximum absolute atomic E-state index is 15.2. The number of aromatic amines is 1. The quantitative estimate of drug-likeness (QED) is 0.140. The molecule has 58 heavy (non-hydrogen) atoms. The largest absolute Gasteiger partial charge is 0.374 e. The zero-order chi connectivity index (χ0) is 40.2. The molecular weight excluding hydrogens is 743 g/mol. The van der Waals surface area contributed by atoms with Crippen molar-refractivity contribution in [3.05, 3.63) is 94.5 Å². The number of nitrogens with one attached hydrogen (secondary N) is 4. The number of halogens is 2. The number of amides is 3. The summed E-state index contributed by atoms with van der Waals surface area (Å²) < 4.78 is 30.2. The molecule has 304 valence electrons. The highest BCUT2D eigenvalue weighted by Crippen LogP contribution is 2.34. The molecule has 2 aromatic heterocycles. The van der Waals surface area contributed by atoms with Crippen LogP contribution in [0.25, 0.3) is 22.4 Å². The lowest BCUT2D eigenvalue weighted by Gasteiger charge is -2.39. The topological polar surface area (TPSA) is 152 Å². The second-order valence-corrected chi connectivity index (χ2v) is 16.3. The molecule has 0 unspecified atom stereocenters. The lowest BCUT2D eigenvalue weighted by Crippen LogP contribution is -2.47. The van der Waals surface area contributed by atoms with Gasteiger partial charge >= 0.3 is 0 Å². The number of H-pyrrole nitrogens is 1. The average Bonchev–Trinajstić information content (AvgIpc) is 3.23. The maximum Gasteiger partial charge on any atom is 0.255 e. The van der Waals surface area contributed by atoms with Crippen LogP contribution < -0.4 is 21.5 Å². The molecule has 4 fully saturated rings. The van der Waals surface area contributed by atoms with Gasteiger partial charge in [0.2, 0.25) is 23.7 Å². The van der Waals surface area contributed by atoms with Gasteiger partial charge in [0.15, 0.2) is 5.82 Å². The lowest BCUT2D eigenvalue weighted by atomic mass is 9.84. The van der Waals surface area contributed by atoms with E-state index < -0.39 is 11.9 Å². The van der Waals surface area contributed by atoms with Crippen LogP contribution in [0.4, 0.5) is 20.4 Å². The van der Waals surface area contributed by atoms with Crippen molar-refractivity contribution in [1.29, 1.82) is 0 Å². The number of carbonyl (C=O) groups excluding carboxylic acids is 3. The summed E-state index contributed by atoms with van der Waals surface area (Å²) in [5, 5.41) is 8.77. The first-order valence-electron chi connectivity index (χ1n) is 20.6. The van der Waals surface area contributed by atoms with Gasteiger partial charge in [-0.3, -0.25) is 24.5 Å². The van der Waals surface area contributed by atoms with Gasteiger partial charge in [-0.15, -0.1) is 0 Å². The summed E-state index contributed by atoms with van der Waals surface area (Å²) in [7, 11) is 0. The summed E-state index contributed by atoms with van der Waals surface area (Å²) >= 11 is 0. The van der Waals surface area contributed by atoms with Crippen molar-refractivity contribution in [2.75, 3.05) is 43.4 Å². The number of anilines is 2. The number of likely N-dealkylation sites (tertiary alicyclic amines) is 2. The van der Waals surface area contributed by atoms with Crippen molar-refractivity contribution in [2.24, 2.45) is 11.8 Å². The molecule has 2 aromatic carbocycles. The maximum atomic E-state index is 15.2. The minimum atomic E-state index is -0.550. The molecule has 0 spiro atoms. The number of piperidine rings is 3. The van der Waals surface area contributed by atoms with Gasteiger partial charge in [-0.2, -0.15) is 0 Å². The Morgan fingerprint density at radius 3 is 2.33 bits per heavy atom. The predicted molar refractivity (Wildman–Crippen MR) is 217 cm³/mol. The van der Waals surface area contributed by atoms with E-state index in [1.165, 1.54) is 12.3 Å². The molecule has 3 saturated heterocycles. The van der Waals surface area contributed by atoms with Crippen LogP contribution in [0.2, 0.25) is 0 Å². The Balaban J connectivity index is 0.761. The number of hydrogen-bond donors (Lipinski definition) is 4. The summed E-state index contributed by atoms with van der Waals surface area (Å²) in [5.41, 5.74) is 2.89. The van der Waals surface area contributed by atoms with Gasteiger partial charge in [0.25, 0.3) is 5.56 Å². The second-order valence-electron chi connectivity index (χ2n) is 16.3. The molecular formula is C44H50F2N8O4. The fourth-order valence-electron chi connectivity index (χ4n) is 9.16. The Kier molecular flexibility index (Phi) is 11.9.